The van der Waals surface area contributed by atoms with Gasteiger partial charge in [0, 0.05) is 6.04 Å². The highest BCUT2D eigenvalue weighted by Crippen LogP contribution is 2.27. The van der Waals surface area contributed by atoms with Crippen LogP contribution in [0.1, 0.15) is 57.1 Å². The van der Waals surface area contributed by atoms with Gasteiger partial charge in [0.05, 0.1) is 0 Å². The molecule has 0 radical (unpaired) electrons. The summed E-state index contributed by atoms with van der Waals surface area (Å²) in [6.45, 7) is 3.21. The van der Waals surface area contributed by atoms with E-state index in [-0.39, 0.29) is 5.82 Å². The van der Waals surface area contributed by atoms with Crippen molar-refractivity contribution in [2.75, 3.05) is 6.54 Å². The minimum Gasteiger partial charge on any atom is -0.310 e. The number of nitrogens with one attached hydrogen (secondary N) is 1. The first-order chi connectivity index (χ1) is 8.79. The van der Waals surface area contributed by atoms with E-state index in [1.165, 1.54) is 38.2 Å². The second-order valence-corrected chi connectivity index (χ2v) is 5.41. The van der Waals surface area contributed by atoms with Crippen molar-refractivity contribution in [3.8, 4) is 0 Å². The molecule has 0 spiro atoms. The molecular formula is C16H24FN. The Balaban J connectivity index is 1.81. The third-order valence-electron chi connectivity index (χ3n) is 4.08. The zero-order chi connectivity index (χ0) is 12.8. The molecule has 0 aromatic heterocycles. The molecule has 1 atom stereocenters. The van der Waals surface area contributed by atoms with Crippen molar-refractivity contribution < 1.29 is 4.39 Å². The van der Waals surface area contributed by atoms with Gasteiger partial charge < -0.3 is 5.32 Å². The normalized spacial score (nSPS) is 18.1. The summed E-state index contributed by atoms with van der Waals surface area (Å²) in [6.07, 6.45) is 7.90. The lowest BCUT2D eigenvalue weighted by Gasteiger charge is -2.19. The molecule has 1 unspecified atom stereocenters. The van der Waals surface area contributed by atoms with Crippen LogP contribution in [0, 0.1) is 11.7 Å². The van der Waals surface area contributed by atoms with E-state index in [2.05, 4.69) is 12.2 Å². The molecule has 1 nitrogen and oxygen atoms in total. The summed E-state index contributed by atoms with van der Waals surface area (Å²) in [5, 5.41) is 3.57. The zero-order valence-corrected chi connectivity index (χ0v) is 11.3. The quantitative estimate of drug-likeness (QED) is 0.785. The minimum absolute atomic E-state index is 0.136. The molecule has 0 aliphatic heterocycles. The van der Waals surface area contributed by atoms with Crippen LogP contribution in [0.4, 0.5) is 4.39 Å². The van der Waals surface area contributed by atoms with Gasteiger partial charge in [0.2, 0.25) is 0 Å². The van der Waals surface area contributed by atoms with E-state index < -0.39 is 0 Å². The molecule has 1 aliphatic rings. The lowest BCUT2D eigenvalue weighted by molar-refractivity contribution is 0.438. The van der Waals surface area contributed by atoms with Crippen LogP contribution in [0.3, 0.4) is 0 Å². The fraction of sp³-hybridized carbons (Fsp3) is 0.625. The van der Waals surface area contributed by atoms with Gasteiger partial charge in [-0.3, -0.25) is 0 Å². The molecule has 0 heterocycles. The summed E-state index contributed by atoms with van der Waals surface area (Å²) >= 11 is 0. The first-order valence-electron chi connectivity index (χ1n) is 7.28. The number of hydrogen-bond acceptors (Lipinski definition) is 1. The van der Waals surface area contributed by atoms with Crippen LogP contribution >= 0.6 is 0 Å². The Bertz CT molecular complexity index is 358. The Morgan fingerprint density at radius 2 is 2.11 bits per heavy atom. The topological polar surface area (TPSA) is 12.0 Å². The molecule has 1 aliphatic carbocycles. The van der Waals surface area contributed by atoms with E-state index in [1.807, 2.05) is 6.07 Å². The molecule has 1 aromatic rings. The second-order valence-electron chi connectivity index (χ2n) is 5.41. The van der Waals surface area contributed by atoms with Gasteiger partial charge in [0.15, 0.2) is 0 Å². The van der Waals surface area contributed by atoms with Gasteiger partial charge >= 0.3 is 0 Å². The molecular weight excluding hydrogens is 225 g/mol. The van der Waals surface area contributed by atoms with Crippen LogP contribution in [-0.2, 0) is 0 Å². The monoisotopic (exact) mass is 249 g/mol. The summed E-state index contributed by atoms with van der Waals surface area (Å²) < 4.78 is 13.2. The van der Waals surface area contributed by atoms with Crippen LogP contribution in [0.25, 0.3) is 0 Å². The predicted molar refractivity (Wildman–Crippen MR) is 74.0 cm³/mol. The maximum atomic E-state index is 13.2. The summed E-state index contributed by atoms with van der Waals surface area (Å²) in [4.78, 5) is 0. The molecule has 1 N–H and O–H groups in total. The lowest BCUT2D eigenvalue weighted by atomic mass is 10.0. The van der Waals surface area contributed by atoms with Gasteiger partial charge in [0.25, 0.3) is 0 Å². The first-order valence-corrected chi connectivity index (χ1v) is 7.28. The van der Waals surface area contributed by atoms with Crippen molar-refractivity contribution >= 4 is 0 Å². The molecule has 1 fully saturated rings. The number of rotatable bonds is 6. The molecule has 0 saturated heterocycles. The molecule has 18 heavy (non-hydrogen) atoms. The largest absolute Gasteiger partial charge is 0.310 e. The van der Waals surface area contributed by atoms with E-state index in [0.29, 0.717) is 6.04 Å². The summed E-state index contributed by atoms with van der Waals surface area (Å²) in [7, 11) is 0. The van der Waals surface area contributed by atoms with E-state index in [0.717, 1.165) is 24.4 Å². The van der Waals surface area contributed by atoms with E-state index >= 15 is 0 Å². The Morgan fingerprint density at radius 3 is 2.78 bits per heavy atom. The molecule has 0 amide bonds. The Labute approximate surface area is 110 Å². The molecule has 1 aromatic carbocycles. The van der Waals surface area contributed by atoms with Gasteiger partial charge in [0.1, 0.15) is 5.82 Å². The van der Waals surface area contributed by atoms with Gasteiger partial charge in [-0.1, -0.05) is 44.7 Å². The highest BCUT2D eigenvalue weighted by atomic mass is 19.1. The predicted octanol–water partition coefficient (Wildman–Crippen LogP) is 4.45. The molecule has 1 saturated carbocycles. The van der Waals surface area contributed by atoms with Crippen molar-refractivity contribution in [3.63, 3.8) is 0 Å². The van der Waals surface area contributed by atoms with Crippen molar-refractivity contribution in [2.45, 2.75) is 51.5 Å². The SMILES string of the molecule is CCC(NCCC1CCCC1)c1cccc(F)c1. The van der Waals surface area contributed by atoms with Crippen molar-refractivity contribution in [1.82, 2.24) is 5.32 Å². The van der Waals surface area contributed by atoms with E-state index in [9.17, 15) is 4.39 Å². The van der Waals surface area contributed by atoms with Crippen molar-refractivity contribution in [3.05, 3.63) is 35.6 Å². The summed E-state index contributed by atoms with van der Waals surface area (Å²) in [6, 6.07) is 7.26. The lowest BCUT2D eigenvalue weighted by Crippen LogP contribution is -2.23. The average molecular weight is 249 g/mol. The highest BCUT2D eigenvalue weighted by molar-refractivity contribution is 5.19. The highest BCUT2D eigenvalue weighted by Gasteiger charge is 2.15. The zero-order valence-electron chi connectivity index (χ0n) is 11.3. The molecule has 2 rings (SSSR count). The standard InChI is InChI=1S/C16H24FN/c1-2-16(14-8-5-9-15(17)12-14)18-11-10-13-6-3-4-7-13/h5,8-9,12-13,16,18H,2-4,6-7,10-11H2,1H3. The summed E-state index contributed by atoms with van der Waals surface area (Å²) in [5.41, 5.74) is 1.07. The van der Waals surface area contributed by atoms with E-state index in [4.69, 9.17) is 0 Å². The van der Waals surface area contributed by atoms with Gasteiger partial charge in [-0.05, 0) is 43.0 Å². The van der Waals surface area contributed by atoms with Crippen LogP contribution in [0.5, 0.6) is 0 Å². The average Bonchev–Trinajstić information content (AvgIpc) is 2.88. The third kappa shape index (κ3) is 3.81. The van der Waals surface area contributed by atoms with Gasteiger partial charge in [-0.2, -0.15) is 0 Å². The third-order valence-corrected chi connectivity index (χ3v) is 4.08. The number of halogens is 1. The van der Waals surface area contributed by atoms with Crippen LogP contribution in [0.15, 0.2) is 24.3 Å². The maximum Gasteiger partial charge on any atom is 0.123 e. The van der Waals surface area contributed by atoms with Crippen molar-refractivity contribution in [2.24, 2.45) is 5.92 Å². The Hall–Kier alpha value is -0.890. The Morgan fingerprint density at radius 1 is 1.33 bits per heavy atom. The van der Waals surface area contributed by atoms with Crippen LogP contribution in [-0.4, -0.2) is 6.54 Å². The fourth-order valence-electron chi connectivity index (χ4n) is 2.98. The molecule has 100 valence electrons. The summed E-state index contributed by atoms with van der Waals surface area (Å²) in [5.74, 6) is 0.783. The number of benzene rings is 1. The van der Waals surface area contributed by atoms with Crippen LogP contribution < -0.4 is 5.32 Å². The fourth-order valence-corrected chi connectivity index (χ4v) is 2.98. The van der Waals surface area contributed by atoms with Crippen molar-refractivity contribution in [1.29, 1.82) is 0 Å². The van der Waals surface area contributed by atoms with E-state index in [1.54, 1.807) is 12.1 Å². The van der Waals surface area contributed by atoms with Crippen LogP contribution in [0.2, 0.25) is 0 Å². The molecule has 2 heteroatoms. The number of hydrogen-bond donors (Lipinski definition) is 1. The second kappa shape index (κ2) is 6.89. The van der Waals surface area contributed by atoms with Gasteiger partial charge in [-0.15, -0.1) is 0 Å². The molecule has 0 bridgehead atoms. The smallest absolute Gasteiger partial charge is 0.123 e. The minimum atomic E-state index is -0.136. The first kappa shape index (κ1) is 13.5. The Kier molecular flexibility index (Phi) is 5.18. The maximum absolute atomic E-state index is 13.2. The van der Waals surface area contributed by atoms with Gasteiger partial charge in [-0.25, -0.2) is 4.39 Å².